The first-order valence-electron chi connectivity index (χ1n) is 6.41. The van der Waals surface area contributed by atoms with Crippen molar-refractivity contribution in [3.8, 4) is 0 Å². The van der Waals surface area contributed by atoms with E-state index in [1.54, 1.807) is 17.9 Å². The molecule has 2 rings (SSSR count). The van der Waals surface area contributed by atoms with Gasteiger partial charge in [-0.3, -0.25) is 4.68 Å². The van der Waals surface area contributed by atoms with Crippen LogP contribution in [0.4, 0.5) is 14.5 Å². The summed E-state index contributed by atoms with van der Waals surface area (Å²) in [7, 11) is 1.79. The molecule has 0 saturated heterocycles. The molecule has 0 radical (unpaired) electrons. The molecule has 0 fully saturated rings. The largest absolute Gasteiger partial charge is 0.386 e. The molecular formula is C14H17F2N3O. The lowest BCUT2D eigenvalue weighted by atomic mass is 10.1. The monoisotopic (exact) mass is 281 g/mol. The van der Waals surface area contributed by atoms with E-state index in [-0.39, 0.29) is 12.1 Å². The van der Waals surface area contributed by atoms with E-state index in [0.717, 1.165) is 29.9 Å². The first kappa shape index (κ1) is 14.5. The normalized spacial score (nSPS) is 12.4. The van der Waals surface area contributed by atoms with Gasteiger partial charge in [-0.2, -0.15) is 5.10 Å². The van der Waals surface area contributed by atoms with Crippen LogP contribution in [0.2, 0.25) is 0 Å². The standard InChI is InChI=1S/C14H17F2N3O/c1-3-11-12(8-19(2)18-11)17-7-13(20)14-9(15)5-4-6-10(14)16/h4-6,8,13,17,20H,3,7H2,1-2H3. The van der Waals surface area contributed by atoms with E-state index in [4.69, 9.17) is 0 Å². The van der Waals surface area contributed by atoms with Crippen molar-refractivity contribution in [2.75, 3.05) is 11.9 Å². The van der Waals surface area contributed by atoms with Crippen molar-refractivity contribution < 1.29 is 13.9 Å². The van der Waals surface area contributed by atoms with Crippen LogP contribution in [0.15, 0.2) is 24.4 Å². The number of aliphatic hydroxyl groups excluding tert-OH is 1. The van der Waals surface area contributed by atoms with E-state index < -0.39 is 17.7 Å². The first-order chi connectivity index (χ1) is 9.52. The molecular weight excluding hydrogens is 264 g/mol. The first-order valence-corrected chi connectivity index (χ1v) is 6.41. The fourth-order valence-electron chi connectivity index (χ4n) is 2.08. The van der Waals surface area contributed by atoms with E-state index in [1.165, 1.54) is 6.07 Å². The van der Waals surface area contributed by atoms with Crippen molar-refractivity contribution in [1.29, 1.82) is 0 Å². The quantitative estimate of drug-likeness (QED) is 0.885. The molecule has 0 aliphatic rings. The summed E-state index contributed by atoms with van der Waals surface area (Å²) >= 11 is 0. The highest BCUT2D eigenvalue weighted by Gasteiger charge is 2.18. The summed E-state index contributed by atoms with van der Waals surface area (Å²) in [5.41, 5.74) is 1.28. The second-order valence-corrected chi connectivity index (χ2v) is 4.55. The average Bonchev–Trinajstić information content (AvgIpc) is 2.76. The molecule has 20 heavy (non-hydrogen) atoms. The summed E-state index contributed by atoms with van der Waals surface area (Å²) in [5.74, 6) is -1.50. The molecule has 1 atom stereocenters. The van der Waals surface area contributed by atoms with Gasteiger partial charge in [0.15, 0.2) is 0 Å². The predicted molar refractivity (Wildman–Crippen MR) is 72.4 cm³/mol. The molecule has 2 N–H and O–H groups in total. The number of benzene rings is 1. The van der Waals surface area contributed by atoms with E-state index in [1.807, 2.05) is 6.92 Å². The summed E-state index contributed by atoms with van der Waals surface area (Å²) in [6, 6.07) is 3.52. The third-order valence-corrected chi connectivity index (χ3v) is 3.06. The number of hydrogen-bond acceptors (Lipinski definition) is 3. The van der Waals surface area contributed by atoms with Gasteiger partial charge in [-0.1, -0.05) is 13.0 Å². The number of hydrogen-bond donors (Lipinski definition) is 2. The molecule has 2 aromatic rings. The molecule has 0 spiro atoms. The Morgan fingerprint density at radius 2 is 2.00 bits per heavy atom. The summed E-state index contributed by atoms with van der Waals surface area (Å²) < 4.78 is 28.7. The highest BCUT2D eigenvalue weighted by atomic mass is 19.1. The number of halogens is 2. The topological polar surface area (TPSA) is 50.1 Å². The zero-order valence-electron chi connectivity index (χ0n) is 11.4. The fourth-order valence-corrected chi connectivity index (χ4v) is 2.08. The number of aryl methyl sites for hydroxylation is 2. The lowest BCUT2D eigenvalue weighted by Gasteiger charge is -2.14. The zero-order valence-corrected chi connectivity index (χ0v) is 11.4. The highest BCUT2D eigenvalue weighted by Crippen LogP contribution is 2.22. The van der Waals surface area contributed by atoms with Gasteiger partial charge in [-0.05, 0) is 18.6 Å². The van der Waals surface area contributed by atoms with Crippen LogP contribution in [-0.4, -0.2) is 21.4 Å². The predicted octanol–water partition coefficient (Wildman–Crippen LogP) is 2.41. The van der Waals surface area contributed by atoms with Gasteiger partial charge in [-0.15, -0.1) is 0 Å². The Hall–Kier alpha value is -1.95. The van der Waals surface area contributed by atoms with Crippen LogP contribution in [0.1, 0.15) is 24.3 Å². The summed E-state index contributed by atoms with van der Waals surface area (Å²) in [5, 5.41) is 17.2. The second-order valence-electron chi connectivity index (χ2n) is 4.55. The maximum Gasteiger partial charge on any atom is 0.132 e. The van der Waals surface area contributed by atoms with Gasteiger partial charge in [0.05, 0.1) is 16.9 Å². The van der Waals surface area contributed by atoms with Crippen LogP contribution in [0.25, 0.3) is 0 Å². The van der Waals surface area contributed by atoms with Gasteiger partial charge in [0, 0.05) is 19.8 Å². The van der Waals surface area contributed by atoms with Crippen LogP contribution >= 0.6 is 0 Å². The van der Waals surface area contributed by atoms with Gasteiger partial charge >= 0.3 is 0 Å². The number of nitrogens with one attached hydrogen (secondary N) is 1. The zero-order chi connectivity index (χ0) is 14.7. The molecule has 0 amide bonds. The maximum absolute atomic E-state index is 13.5. The summed E-state index contributed by atoms with van der Waals surface area (Å²) in [6.07, 6.45) is 1.23. The molecule has 0 aliphatic carbocycles. The van der Waals surface area contributed by atoms with Gasteiger partial charge in [0.2, 0.25) is 0 Å². The van der Waals surface area contributed by atoms with Crippen LogP contribution in [0.5, 0.6) is 0 Å². The molecule has 0 aliphatic heterocycles. The Labute approximate surface area is 116 Å². The minimum atomic E-state index is -1.26. The van der Waals surface area contributed by atoms with Gasteiger partial charge in [-0.25, -0.2) is 8.78 Å². The number of aliphatic hydroxyl groups is 1. The number of anilines is 1. The van der Waals surface area contributed by atoms with Crippen molar-refractivity contribution >= 4 is 5.69 Å². The molecule has 108 valence electrons. The molecule has 1 heterocycles. The van der Waals surface area contributed by atoms with Crippen LogP contribution in [0, 0.1) is 11.6 Å². The molecule has 1 aromatic carbocycles. The minimum Gasteiger partial charge on any atom is -0.386 e. The SMILES string of the molecule is CCc1nn(C)cc1NCC(O)c1c(F)cccc1F. The lowest BCUT2D eigenvalue weighted by molar-refractivity contribution is 0.181. The van der Waals surface area contributed by atoms with Crippen LogP contribution < -0.4 is 5.32 Å². The second kappa shape index (κ2) is 6.00. The minimum absolute atomic E-state index is 0.0105. The van der Waals surface area contributed by atoms with E-state index in [9.17, 15) is 13.9 Å². The Bertz CT molecular complexity index is 578. The number of aromatic nitrogens is 2. The van der Waals surface area contributed by atoms with E-state index in [0.29, 0.717) is 0 Å². The molecule has 0 saturated carbocycles. The maximum atomic E-state index is 13.5. The van der Waals surface area contributed by atoms with Gasteiger partial charge < -0.3 is 10.4 Å². The molecule has 1 unspecified atom stereocenters. The van der Waals surface area contributed by atoms with Crippen molar-refractivity contribution in [3.05, 3.63) is 47.3 Å². The Balaban J connectivity index is 2.10. The van der Waals surface area contributed by atoms with Crippen LogP contribution in [-0.2, 0) is 13.5 Å². The van der Waals surface area contributed by atoms with Gasteiger partial charge in [0.25, 0.3) is 0 Å². The number of nitrogens with zero attached hydrogens (tertiary/aromatic N) is 2. The van der Waals surface area contributed by atoms with Gasteiger partial charge in [0.1, 0.15) is 17.7 Å². The van der Waals surface area contributed by atoms with E-state index in [2.05, 4.69) is 10.4 Å². The Kier molecular flexibility index (Phi) is 4.34. The summed E-state index contributed by atoms with van der Waals surface area (Å²) in [6.45, 7) is 1.97. The van der Waals surface area contributed by atoms with Crippen molar-refractivity contribution in [2.45, 2.75) is 19.4 Å². The molecule has 6 heteroatoms. The number of rotatable bonds is 5. The molecule has 1 aromatic heterocycles. The Morgan fingerprint density at radius 3 is 2.60 bits per heavy atom. The van der Waals surface area contributed by atoms with Crippen LogP contribution in [0.3, 0.4) is 0 Å². The average molecular weight is 281 g/mol. The third-order valence-electron chi connectivity index (χ3n) is 3.06. The van der Waals surface area contributed by atoms with Crippen molar-refractivity contribution in [2.24, 2.45) is 7.05 Å². The lowest BCUT2D eigenvalue weighted by Crippen LogP contribution is -2.15. The van der Waals surface area contributed by atoms with Crippen molar-refractivity contribution in [3.63, 3.8) is 0 Å². The van der Waals surface area contributed by atoms with E-state index >= 15 is 0 Å². The highest BCUT2D eigenvalue weighted by molar-refractivity contribution is 5.46. The van der Waals surface area contributed by atoms with Crippen molar-refractivity contribution in [1.82, 2.24) is 9.78 Å². The fraction of sp³-hybridized carbons (Fsp3) is 0.357. The third kappa shape index (κ3) is 2.96. The smallest absolute Gasteiger partial charge is 0.132 e. The molecule has 4 nitrogen and oxygen atoms in total. The summed E-state index contributed by atoms with van der Waals surface area (Å²) in [4.78, 5) is 0. The Morgan fingerprint density at radius 1 is 1.35 bits per heavy atom. The molecule has 0 bridgehead atoms.